The fourth-order valence-electron chi connectivity index (χ4n) is 3.61. The third-order valence-electron chi connectivity index (χ3n) is 5.28. The number of pyridine rings is 2. The largest absolute Gasteiger partial charge is 0.493 e. The molecule has 1 amide bonds. The Morgan fingerprint density at radius 1 is 1.03 bits per heavy atom. The lowest BCUT2D eigenvalue weighted by Gasteiger charge is -2.13. The molecule has 0 unspecified atom stereocenters. The van der Waals surface area contributed by atoms with E-state index in [2.05, 4.69) is 25.1 Å². The molecule has 3 aromatic heterocycles. The van der Waals surface area contributed by atoms with E-state index in [9.17, 15) is 13.6 Å². The normalized spacial score (nSPS) is 11.0. The average molecular weight is 530 g/mol. The molecule has 11 nitrogen and oxygen atoms in total. The van der Waals surface area contributed by atoms with Crippen LogP contribution in [-0.2, 0) is 11.3 Å². The lowest BCUT2D eigenvalue weighted by Crippen LogP contribution is -2.21. The van der Waals surface area contributed by atoms with Crippen molar-refractivity contribution in [3.05, 3.63) is 54.6 Å². The Morgan fingerprint density at radius 2 is 1.82 bits per heavy atom. The zero-order valence-electron chi connectivity index (χ0n) is 20.8. The van der Waals surface area contributed by atoms with Crippen molar-refractivity contribution in [1.29, 1.82) is 0 Å². The van der Waals surface area contributed by atoms with E-state index in [4.69, 9.17) is 18.9 Å². The maximum Gasteiger partial charge on any atom is 0.345 e. The smallest absolute Gasteiger partial charge is 0.345 e. The number of alkyl halides is 2. The van der Waals surface area contributed by atoms with Crippen molar-refractivity contribution in [1.82, 2.24) is 19.7 Å². The number of aromatic nitrogens is 4. The summed E-state index contributed by atoms with van der Waals surface area (Å²) in [5.74, 6) is 1.86. The minimum atomic E-state index is -2.92. The van der Waals surface area contributed by atoms with E-state index in [1.165, 1.54) is 17.1 Å². The Kier molecular flexibility index (Phi) is 8.48. The fraction of sp³-hybridized carbons (Fsp3) is 0.280. The highest BCUT2D eigenvalue weighted by Gasteiger charge is 2.21. The lowest BCUT2D eigenvalue weighted by atomic mass is 10.2. The van der Waals surface area contributed by atoms with E-state index < -0.39 is 12.5 Å². The summed E-state index contributed by atoms with van der Waals surface area (Å²) in [5.41, 5.74) is 0.706. The van der Waals surface area contributed by atoms with Gasteiger partial charge in [-0.05, 0) is 31.2 Å². The van der Waals surface area contributed by atoms with Crippen molar-refractivity contribution >= 4 is 22.6 Å². The number of rotatable bonds is 12. The molecule has 200 valence electrons. The average Bonchev–Trinajstić information content (AvgIpc) is 3.31. The number of fused-ring (bicyclic) bond motifs is 1. The molecule has 0 aliphatic carbocycles. The number of carbonyl (C=O) groups excluding carboxylic acids is 1. The summed E-state index contributed by atoms with van der Waals surface area (Å²) in [4.78, 5) is 21.6. The Hall–Kier alpha value is -4.52. The van der Waals surface area contributed by atoms with E-state index in [0.29, 0.717) is 33.9 Å². The van der Waals surface area contributed by atoms with Crippen LogP contribution in [0.3, 0.4) is 0 Å². The summed E-state index contributed by atoms with van der Waals surface area (Å²) in [7, 11) is 3.09. The molecule has 0 radical (unpaired) electrons. The molecule has 0 saturated carbocycles. The molecule has 1 N–H and O–H groups in total. The van der Waals surface area contributed by atoms with Gasteiger partial charge in [-0.25, -0.2) is 4.98 Å². The van der Waals surface area contributed by atoms with Crippen molar-refractivity contribution in [3.8, 4) is 28.7 Å². The summed E-state index contributed by atoms with van der Waals surface area (Å²) in [6, 6.07) is 8.41. The fourth-order valence-corrected chi connectivity index (χ4v) is 3.61. The van der Waals surface area contributed by atoms with Gasteiger partial charge in [0, 0.05) is 17.6 Å². The molecule has 0 fully saturated rings. The molecule has 1 aromatic carbocycles. The number of ether oxygens (including phenoxy) is 5. The van der Waals surface area contributed by atoms with Gasteiger partial charge in [-0.15, -0.1) is 0 Å². The minimum absolute atomic E-state index is 0.0551. The molecule has 3 heterocycles. The van der Waals surface area contributed by atoms with Crippen LogP contribution in [0.15, 0.2) is 48.9 Å². The zero-order chi connectivity index (χ0) is 27.1. The number of halogens is 2. The first-order chi connectivity index (χ1) is 18.4. The van der Waals surface area contributed by atoms with Gasteiger partial charge >= 0.3 is 6.61 Å². The maximum atomic E-state index is 13.0. The van der Waals surface area contributed by atoms with Gasteiger partial charge in [0.1, 0.15) is 17.3 Å². The van der Waals surface area contributed by atoms with Crippen LogP contribution in [0.1, 0.15) is 17.4 Å². The van der Waals surface area contributed by atoms with Crippen LogP contribution in [0.5, 0.6) is 28.7 Å². The predicted molar refractivity (Wildman–Crippen MR) is 132 cm³/mol. The third kappa shape index (κ3) is 6.06. The van der Waals surface area contributed by atoms with Crippen LogP contribution in [0.4, 0.5) is 14.6 Å². The maximum absolute atomic E-state index is 13.0. The molecule has 0 atom stereocenters. The number of nitrogens with zero attached hydrogens (tertiary/aromatic N) is 4. The van der Waals surface area contributed by atoms with Crippen LogP contribution in [-0.4, -0.2) is 59.7 Å². The second-order valence-corrected chi connectivity index (χ2v) is 7.61. The van der Waals surface area contributed by atoms with Crippen LogP contribution >= 0.6 is 0 Å². The van der Waals surface area contributed by atoms with E-state index in [1.807, 2.05) is 0 Å². The second-order valence-electron chi connectivity index (χ2n) is 7.61. The van der Waals surface area contributed by atoms with E-state index in [0.717, 1.165) is 0 Å². The SMILES string of the molecule is CCOc1cnn(CCOC(F)F)c1C(=O)Nc1ccc(Oc2ccnc3cc(OC)c(OC)cc23)cn1. The predicted octanol–water partition coefficient (Wildman–Crippen LogP) is 4.53. The monoisotopic (exact) mass is 529 g/mol. The first kappa shape index (κ1) is 26.5. The van der Waals surface area contributed by atoms with Crippen molar-refractivity contribution < 1.29 is 37.3 Å². The van der Waals surface area contributed by atoms with E-state index in [1.54, 1.807) is 57.7 Å². The number of anilines is 1. The first-order valence-corrected chi connectivity index (χ1v) is 11.5. The second kappa shape index (κ2) is 12.1. The van der Waals surface area contributed by atoms with Crippen molar-refractivity contribution in [2.75, 3.05) is 32.8 Å². The molecule has 0 aliphatic rings. The highest BCUT2D eigenvalue weighted by atomic mass is 19.3. The molecule has 0 bridgehead atoms. The standard InChI is InChI=1S/C25H25F2N5O6/c1-4-36-21-14-30-32(9-10-37-25(26)27)23(21)24(33)31-22-6-5-15(13-29-22)38-18-7-8-28-17-12-20(35-3)19(34-2)11-16(17)18/h5-8,11-14,25H,4,9-10H2,1-3H3,(H,29,31,33). The van der Waals surface area contributed by atoms with Gasteiger partial charge in [0.2, 0.25) is 0 Å². The van der Waals surface area contributed by atoms with Crippen LogP contribution in [0.25, 0.3) is 10.9 Å². The number of benzene rings is 1. The van der Waals surface area contributed by atoms with Crippen LogP contribution < -0.4 is 24.3 Å². The Balaban J connectivity index is 1.50. The van der Waals surface area contributed by atoms with Gasteiger partial charge in [0.25, 0.3) is 5.91 Å². The quantitative estimate of drug-likeness (QED) is 0.282. The number of nitrogens with one attached hydrogen (secondary N) is 1. The Morgan fingerprint density at radius 3 is 2.50 bits per heavy atom. The Labute approximate surface area is 216 Å². The Bertz CT molecular complexity index is 1400. The molecule has 0 aliphatic heterocycles. The zero-order valence-corrected chi connectivity index (χ0v) is 20.8. The minimum Gasteiger partial charge on any atom is -0.493 e. The molecule has 4 rings (SSSR count). The molecular weight excluding hydrogens is 504 g/mol. The van der Waals surface area contributed by atoms with Crippen LogP contribution in [0.2, 0.25) is 0 Å². The highest BCUT2D eigenvalue weighted by molar-refractivity contribution is 6.04. The summed E-state index contributed by atoms with van der Waals surface area (Å²) in [5, 5.41) is 7.41. The summed E-state index contributed by atoms with van der Waals surface area (Å²) in [6.07, 6.45) is 4.39. The molecule has 38 heavy (non-hydrogen) atoms. The topological polar surface area (TPSA) is 119 Å². The number of carbonyl (C=O) groups is 1. The summed E-state index contributed by atoms with van der Waals surface area (Å²) in [6.45, 7) is -1.30. The van der Waals surface area contributed by atoms with Gasteiger partial charge in [-0.2, -0.15) is 13.9 Å². The van der Waals surface area contributed by atoms with Gasteiger partial charge < -0.3 is 29.0 Å². The number of methoxy groups -OCH3 is 2. The van der Waals surface area contributed by atoms with Gasteiger partial charge in [-0.1, -0.05) is 0 Å². The highest BCUT2D eigenvalue weighted by Crippen LogP contribution is 2.36. The van der Waals surface area contributed by atoms with Crippen LogP contribution in [0, 0.1) is 0 Å². The molecule has 0 spiro atoms. The van der Waals surface area contributed by atoms with Crippen molar-refractivity contribution in [2.24, 2.45) is 0 Å². The van der Waals surface area contributed by atoms with Gasteiger partial charge in [-0.3, -0.25) is 14.5 Å². The van der Waals surface area contributed by atoms with Gasteiger partial charge in [0.15, 0.2) is 22.9 Å². The molecule has 13 heteroatoms. The number of hydrogen-bond acceptors (Lipinski definition) is 9. The molecule has 4 aromatic rings. The molecular formula is C25H25F2N5O6. The van der Waals surface area contributed by atoms with Crippen molar-refractivity contribution in [2.45, 2.75) is 20.1 Å². The lowest BCUT2D eigenvalue weighted by molar-refractivity contribution is -0.130. The molecule has 0 saturated heterocycles. The van der Waals surface area contributed by atoms with Gasteiger partial charge in [0.05, 0.1) is 51.9 Å². The van der Waals surface area contributed by atoms with E-state index in [-0.39, 0.29) is 37.0 Å². The summed E-state index contributed by atoms with van der Waals surface area (Å²) < 4.78 is 52.4. The number of amides is 1. The summed E-state index contributed by atoms with van der Waals surface area (Å²) >= 11 is 0. The number of hydrogen-bond donors (Lipinski definition) is 1. The first-order valence-electron chi connectivity index (χ1n) is 11.5. The van der Waals surface area contributed by atoms with E-state index >= 15 is 0 Å². The van der Waals surface area contributed by atoms with Crippen molar-refractivity contribution in [3.63, 3.8) is 0 Å². The third-order valence-corrected chi connectivity index (χ3v) is 5.28.